The molecule has 2 aliphatic heterocycles. The number of nitrogens with one attached hydrogen (secondary N) is 2. The summed E-state index contributed by atoms with van der Waals surface area (Å²) >= 11 is 0. The molecule has 0 radical (unpaired) electrons. The summed E-state index contributed by atoms with van der Waals surface area (Å²) in [6, 6.07) is 19.5. The van der Waals surface area contributed by atoms with Gasteiger partial charge >= 0.3 is 6.09 Å². The van der Waals surface area contributed by atoms with Crippen LogP contribution in [0.4, 0.5) is 9.18 Å². The van der Waals surface area contributed by atoms with Crippen molar-refractivity contribution in [1.82, 2.24) is 20.1 Å². The lowest BCUT2D eigenvalue weighted by Gasteiger charge is -2.35. The third-order valence-corrected chi connectivity index (χ3v) is 9.99. The molecule has 2 atom stereocenters. The van der Waals surface area contributed by atoms with E-state index in [-0.39, 0.29) is 31.3 Å². The molecule has 2 aromatic heterocycles. The number of alkyl carbamates (subject to hydrolysis) is 1. The zero-order valence-corrected chi connectivity index (χ0v) is 28.8. The number of fused-ring (bicyclic) bond motifs is 3. The van der Waals surface area contributed by atoms with Gasteiger partial charge < -0.3 is 29.3 Å². The Morgan fingerprint density at radius 2 is 1.80 bits per heavy atom. The fourth-order valence-electron chi connectivity index (χ4n) is 7.36. The maximum atomic E-state index is 14.8. The van der Waals surface area contributed by atoms with Crippen LogP contribution in [-0.4, -0.2) is 58.3 Å². The lowest BCUT2D eigenvalue weighted by molar-refractivity contribution is 0.0394. The largest absolute Gasteiger partial charge is 0.454 e. The molecule has 10 heteroatoms. The Balaban J connectivity index is 1.10. The number of hydrogen-bond donors (Lipinski definition) is 2. The number of aromatic nitrogens is 1. The Morgan fingerprint density at radius 3 is 2.58 bits per heavy atom. The quantitative estimate of drug-likeness (QED) is 0.191. The molecule has 4 heterocycles. The lowest BCUT2D eigenvalue weighted by atomic mass is 9.99. The van der Waals surface area contributed by atoms with E-state index in [2.05, 4.69) is 45.5 Å². The first-order chi connectivity index (χ1) is 23.9. The van der Waals surface area contributed by atoms with Crippen molar-refractivity contribution in [3.8, 4) is 22.6 Å². The topological polar surface area (TPSA) is 106 Å². The summed E-state index contributed by atoms with van der Waals surface area (Å²) in [5, 5.41) is 7.65. The first kappa shape index (κ1) is 32.1. The Morgan fingerprint density at radius 1 is 1.02 bits per heavy atom. The van der Waals surface area contributed by atoms with Crippen molar-refractivity contribution in [3.63, 3.8) is 0 Å². The van der Waals surface area contributed by atoms with Gasteiger partial charge in [-0.2, -0.15) is 0 Å². The highest BCUT2D eigenvalue weighted by molar-refractivity contribution is 6.01. The lowest BCUT2D eigenvalue weighted by Crippen LogP contribution is -2.54. The molecule has 0 unspecified atom stereocenters. The second kappa shape index (κ2) is 12.0. The van der Waals surface area contributed by atoms with E-state index >= 15 is 0 Å². The molecule has 258 valence electrons. The van der Waals surface area contributed by atoms with Gasteiger partial charge in [0.2, 0.25) is 0 Å². The second-order valence-corrected chi connectivity index (χ2v) is 15.1. The minimum Gasteiger partial charge on any atom is -0.454 e. The summed E-state index contributed by atoms with van der Waals surface area (Å²) in [4.78, 5) is 39.6. The molecule has 50 heavy (non-hydrogen) atoms. The smallest absolute Gasteiger partial charge is 0.407 e. The molecule has 1 saturated carbocycles. The van der Waals surface area contributed by atoms with Crippen molar-refractivity contribution in [2.45, 2.75) is 77.9 Å². The number of benzene rings is 3. The molecular formula is C40H41FN4O5. The van der Waals surface area contributed by atoms with Crippen molar-refractivity contribution in [3.05, 3.63) is 82.9 Å². The SMILES string of the molecule is Cc1c(-c2cc3ccc(-c4ccc5c(c4)CNC5=O)cc3n2CC2CC2)oc2cc(C(=O)N3C[C@H](F)C[C@@H](NC(=O)OC(C)(C)C)C3)ccc12. The first-order valence-corrected chi connectivity index (χ1v) is 17.4. The fraction of sp³-hybridized carbons (Fsp3) is 0.375. The van der Waals surface area contributed by atoms with Crippen LogP contribution in [0, 0.1) is 12.8 Å². The van der Waals surface area contributed by atoms with E-state index in [1.54, 1.807) is 32.9 Å². The average molecular weight is 677 g/mol. The molecule has 3 aromatic carbocycles. The molecule has 1 aliphatic carbocycles. The van der Waals surface area contributed by atoms with Crippen LogP contribution < -0.4 is 10.6 Å². The normalized spacial score (nSPS) is 19.1. The molecule has 3 amide bonds. The zero-order chi connectivity index (χ0) is 34.9. The van der Waals surface area contributed by atoms with Gasteiger partial charge in [0, 0.05) is 59.0 Å². The van der Waals surface area contributed by atoms with E-state index in [0.717, 1.165) is 62.1 Å². The van der Waals surface area contributed by atoms with Gasteiger partial charge in [-0.05, 0) is 99.5 Å². The van der Waals surface area contributed by atoms with E-state index in [9.17, 15) is 18.8 Å². The molecule has 3 aliphatic rings. The van der Waals surface area contributed by atoms with Gasteiger partial charge in [-0.3, -0.25) is 9.59 Å². The molecule has 2 N–H and O–H groups in total. The van der Waals surface area contributed by atoms with Crippen LogP contribution in [0.25, 0.3) is 44.5 Å². The highest BCUT2D eigenvalue weighted by atomic mass is 19.1. The van der Waals surface area contributed by atoms with E-state index < -0.39 is 23.9 Å². The molecular weight excluding hydrogens is 635 g/mol. The van der Waals surface area contributed by atoms with E-state index in [4.69, 9.17) is 9.15 Å². The van der Waals surface area contributed by atoms with Crippen molar-refractivity contribution in [1.29, 1.82) is 0 Å². The highest BCUT2D eigenvalue weighted by Crippen LogP contribution is 2.41. The number of ether oxygens (including phenoxy) is 1. The van der Waals surface area contributed by atoms with Crippen molar-refractivity contribution < 1.29 is 27.9 Å². The van der Waals surface area contributed by atoms with E-state index in [1.165, 1.54) is 17.7 Å². The predicted molar refractivity (Wildman–Crippen MR) is 190 cm³/mol. The summed E-state index contributed by atoms with van der Waals surface area (Å²) in [7, 11) is 0. The number of likely N-dealkylation sites (tertiary alicyclic amines) is 1. The molecule has 1 saturated heterocycles. The van der Waals surface area contributed by atoms with Gasteiger partial charge in [0.25, 0.3) is 11.8 Å². The molecule has 8 rings (SSSR count). The second-order valence-electron chi connectivity index (χ2n) is 15.1. The number of halogens is 1. The van der Waals surface area contributed by atoms with E-state index in [1.807, 2.05) is 25.1 Å². The summed E-state index contributed by atoms with van der Waals surface area (Å²) in [5.41, 5.74) is 7.30. The number of piperidine rings is 1. The predicted octanol–water partition coefficient (Wildman–Crippen LogP) is 7.76. The number of nitrogens with zero attached hydrogens (tertiary/aromatic N) is 2. The summed E-state index contributed by atoms with van der Waals surface area (Å²) in [6.07, 6.45) is 0.606. The third kappa shape index (κ3) is 6.12. The van der Waals surface area contributed by atoms with Crippen LogP contribution in [0.1, 0.15) is 71.9 Å². The summed E-state index contributed by atoms with van der Waals surface area (Å²) in [5.74, 6) is 1.02. The molecule has 2 fully saturated rings. The maximum Gasteiger partial charge on any atom is 0.407 e. The molecule has 0 bridgehead atoms. The number of carbonyl (C=O) groups is 3. The molecule has 0 spiro atoms. The van der Waals surface area contributed by atoms with Gasteiger partial charge in [0.05, 0.1) is 18.3 Å². The first-order valence-electron chi connectivity index (χ1n) is 17.4. The number of amides is 3. The van der Waals surface area contributed by atoms with E-state index in [0.29, 0.717) is 23.6 Å². The monoisotopic (exact) mass is 676 g/mol. The maximum absolute atomic E-state index is 14.8. The Labute approximate surface area is 289 Å². The van der Waals surface area contributed by atoms with Crippen LogP contribution in [0.3, 0.4) is 0 Å². The van der Waals surface area contributed by atoms with Crippen LogP contribution >= 0.6 is 0 Å². The number of aryl methyl sites for hydroxylation is 1. The highest BCUT2D eigenvalue weighted by Gasteiger charge is 2.33. The molecule has 5 aromatic rings. The van der Waals surface area contributed by atoms with Crippen LogP contribution in [0.5, 0.6) is 0 Å². The average Bonchev–Trinajstić information content (AvgIpc) is 3.60. The number of hydrogen-bond acceptors (Lipinski definition) is 5. The number of rotatable bonds is 6. The third-order valence-electron chi connectivity index (χ3n) is 9.99. The van der Waals surface area contributed by atoms with Crippen LogP contribution in [0.2, 0.25) is 0 Å². The van der Waals surface area contributed by atoms with Gasteiger partial charge in [0.1, 0.15) is 17.4 Å². The van der Waals surface area contributed by atoms with Gasteiger partial charge in [-0.15, -0.1) is 0 Å². The van der Waals surface area contributed by atoms with Crippen molar-refractivity contribution in [2.75, 3.05) is 13.1 Å². The molecule has 9 nitrogen and oxygen atoms in total. The van der Waals surface area contributed by atoms with Gasteiger partial charge in [-0.25, -0.2) is 9.18 Å². The fourth-order valence-corrected chi connectivity index (χ4v) is 7.36. The van der Waals surface area contributed by atoms with Crippen molar-refractivity contribution >= 4 is 39.8 Å². The Hall–Kier alpha value is -5.12. The zero-order valence-electron chi connectivity index (χ0n) is 28.8. The standard InChI is InChI=1S/C40H41FN4O5/c1-22-31-11-10-27(38(47)44-20-29(41)17-30(21-44)43-39(48)50-40(2,3)4)16-35(31)49-36(22)34-15-26-8-7-25(14-33(26)45(34)19-23-5-6-23)24-9-12-32-28(13-24)18-42-37(32)46/h7-16,23,29-30H,5-6,17-21H2,1-4H3,(H,42,46)(H,43,48)/t29-,30-/m1/s1. The minimum atomic E-state index is -1.27. The Kier molecular flexibility index (Phi) is 7.73. The van der Waals surface area contributed by atoms with Crippen LogP contribution in [0.15, 0.2) is 65.1 Å². The summed E-state index contributed by atoms with van der Waals surface area (Å²) < 4.78 is 29.1. The number of alkyl halides is 1. The number of furan rings is 1. The van der Waals surface area contributed by atoms with Gasteiger partial charge in [-0.1, -0.05) is 24.3 Å². The van der Waals surface area contributed by atoms with Crippen LogP contribution in [-0.2, 0) is 17.8 Å². The van der Waals surface area contributed by atoms with Gasteiger partial charge in [0.15, 0.2) is 5.76 Å². The minimum absolute atomic E-state index is 0.0243. The number of carbonyl (C=O) groups excluding carboxylic acids is 3. The van der Waals surface area contributed by atoms with Crippen molar-refractivity contribution in [2.24, 2.45) is 5.92 Å². The Bertz CT molecular complexity index is 2190. The summed E-state index contributed by atoms with van der Waals surface area (Å²) in [6.45, 7) is 8.90.